The number of fused-ring (bicyclic) bond motifs is 1. The number of tetrazole rings is 1. The molecule has 0 amide bonds. The lowest BCUT2D eigenvalue weighted by atomic mass is 9.95. The van der Waals surface area contributed by atoms with E-state index in [0.717, 1.165) is 42.7 Å². The number of piperazine rings is 1. The van der Waals surface area contributed by atoms with Gasteiger partial charge in [0.15, 0.2) is 11.0 Å². The van der Waals surface area contributed by atoms with Gasteiger partial charge >= 0.3 is 0 Å². The molecular formula is C25H29N7S. The Hall–Kier alpha value is -2.84. The number of hydrogen-bond acceptors (Lipinski definition) is 7. The van der Waals surface area contributed by atoms with Gasteiger partial charge in [0.1, 0.15) is 0 Å². The highest BCUT2D eigenvalue weighted by molar-refractivity contribution is 7.22. The van der Waals surface area contributed by atoms with E-state index in [1.54, 1.807) is 11.3 Å². The molecule has 1 atom stereocenters. The largest absolute Gasteiger partial charge is 0.345 e. The maximum absolute atomic E-state index is 4.88. The van der Waals surface area contributed by atoms with Gasteiger partial charge in [-0.3, -0.25) is 4.90 Å². The molecule has 0 unspecified atom stereocenters. The zero-order valence-corrected chi connectivity index (χ0v) is 19.6. The third-order valence-electron chi connectivity index (χ3n) is 7.03. The number of hydrogen-bond donors (Lipinski definition) is 0. The summed E-state index contributed by atoms with van der Waals surface area (Å²) in [5.41, 5.74) is 2.35. The van der Waals surface area contributed by atoms with Crippen LogP contribution in [0.15, 0.2) is 54.6 Å². The second-order valence-corrected chi connectivity index (χ2v) is 10.1. The van der Waals surface area contributed by atoms with Gasteiger partial charge in [0.25, 0.3) is 0 Å². The van der Waals surface area contributed by atoms with E-state index < -0.39 is 0 Å². The van der Waals surface area contributed by atoms with E-state index in [9.17, 15) is 0 Å². The first kappa shape index (κ1) is 20.7. The molecule has 8 heteroatoms. The number of aromatic nitrogens is 5. The van der Waals surface area contributed by atoms with Gasteiger partial charge in [-0.25, -0.2) is 9.67 Å². The molecular weight excluding hydrogens is 430 g/mol. The van der Waals surface area contributed by atoms with Gasteiger partial charge in [0.05, 0.1) is 22.3 Å². The number of rotatable bonds is 5. The highest BCUT2D eigenvalue weighted by atomic mass is 32.1. The van der Waals surface area contributed by atoms with Crippen LogP contribution in [-0.2, 0) is 0 Å². The van der Waals surface area contributed by atoms with Crippen molar-refractivity contribution in [1.29, 1.82) is 0 Å². The molecule has 4 aromatic rings. The van der Waals surface area contributed by atoms with E-state index in [0.29, 0.717) is 6.04 Å². The first-order chi connectivity index (χ1) is 16.4. The van der Waals surface area contributed by atoms with E-state index in [4.69, 9.17) is 4.98 Å². The molecule has 1 saturated heterocycles. The first-order valence-electron chi connectivity index (χ1n) is 12.0. The Balaban J connectivity index is 1.26. The highest BCUT2D eigenvalue weighted by Crippen LogP contribution is 2.35. The Labute approximate surface area is 198 Å². The number of nitrogens with zero attached hydrogens (tertiary/aromatic N) is 7. The molecule has 0 radical (unpaired) electrons. The van der Waals surface area contributed by atoms with E-state index in [1.165, 1.54) is 42.4 Å². The Kier molecular flexibility index (Phi) is 5.78. The fraction of sp³-hybridized carbons (Fsp3) is 0.440. The molecule has 1 aliphatic carbocycles. The van der Waals surface area contributed by atoms with Crippen molar-refractivity contribution in [3.63, 3.8) is 0 Å². The molecule has 33 heavy (non-hydrogen) atoms. The minimum atomic E-state index is 0.0700. The highest BCUT2D eigenvalue weighted by Gasteiger charge is 2.33. The second kappa shape index (κ2) is 9.19. The normalized spacial score (nSPS) is 19.2. The Morgan fingerprint density at radius 1 is 0.848 bits per heavy atom. The molecule has 0 spiro atoms. The summed E-state index contributed by atoms with van der Waals surface area (Å²) in [5, 5.41) is 14.3. The van der Waals surface area contributed by atoms with Crippen molar-refractivity contribution in [3.8, 4) is 0 Å². The molecule has 2 fully saturated rings. The topological polar surface area (TPSA) is 63.0 Å². The zero-order chi connectivity index (χ0) is 22.0. The lowest BCUT2D eigenvalue weighted by molar-refractivity contribution is 0.193. The summed E-state index contributed by atoms with van der Waals surface area (Å²) in [6.45, 7) is 3.81. The van der Waals surface area contributed by atoms with E-state index >= 15 is 0 Å². The van der Waals surface area contributed by atoms with Crippen molar-refractivity contribution >= 4 is 26.7 Å². The van der Waals surface area contributed by atoms with Crippen LogP contribution in [0.25, 0.3) is 10.2 Å². The molecule has 0 bridgehead atoms. The molecule has 2 aliphatic rings. The van der Waals surface area contributed by atoms with Crippen molar-refractivity contribution in [1.82, 2.24) is 30.1 Å². The van der Waals surface area contributed by atoms with Crippen LogP contribution >= 0.6 is 11.3 Å². The van der Waals surface area contributed by atoms with Crippen LogP contribution in [0.4, 0.5) is 5.13 Å². The van der Waals surface area contributed by atoms with Crippen LogP contribution < -0.4 is 4.90 Å². The monoisotopic (exact) mass is 459 g/mol. The zero-order valence-electron chi connectivity index (χ0n) is 18.8. The average Bonchev–Trinajstić information content (AvgIpc) is 3.53. The van der Waals surface area contributed by atoms with Crippen LogP contribution in [-0.4, -0.2) is 56.3 Å². The summed E-state index contributed by atoms with van der Waals surface area (Å²) in [6.07, 6.45) is 6.20. The number of para-hydroxylation sites is 1. The van der Waals surface area contributed by atoms with Gasteiger partial charge in [-0.15, -0.1) is 5.10 Å². The predicted molar refractivity (Wildman–Crippen MR) is 132 cm³/mol. The molecule has 0 N–H and O–H groups in total. The van der Waals surface area contributed by atoms with E-state index in [-0.39, 0.29) is 6.04 Å². The van der Waals surface area contributed by atoms with Gasteiger partial charge in [-0.05, 0) is 41.0 Å². The van der Waals surface area contributed by atoms with Crippen molar-refractivity contribution < 1.29 is 0 Å². The maximum atomic E-state index is 4.88. The molecule has 7 nitrogen and oxygen atoms in total. The second-order valence-electron chi connectivity index (χ2n) is 9.07. The number of benzene rings is 2. The lowest BCUT2D eigenvalue weighted by Crippen LogP contribution is -2.48. The first-order valence-corrected chi connectivity index (χ1v) is 12.9. The van der Waals surface area contributed by atoms with Crippen molar-refractivity contribution in [2.75, 3.05) is 31.1 Å². The number of thiazole rings is 1. The maximum Gasteiger partial charge on any atom is 0.186 e. The fourth-order valence-corrected chi connectivity index (χ4v) is 6.31. The molecule has 6 rings (SSSR count). The predicted octanol–water partition coefficient (Wildman–Crippen LogP) is 4.70. The van der Waals surface area contributed by atoms with E-state index in [1.807, 2.05) is 0 Å². The SMILES string of the molecule is c1ccc([C@H](c2nnnn2C2CCCCC2)N2CCN(c3nc4ccccc4s3)CC2)cc1. The molecule has 2 aromatic carbocycles. The minimum absolute atomic E-state index is 0.0700. The van der Waals surface area contributed by atoms with Crippen molar-refractivity contribution in [3.05, 3.63) is 66.0 Å². The lowest BCUT2D eigenvalue weighted by Gasteiger charge is -2.39. The van der Waals surface area contributed by atoms with Crippen LogP contribution in [0.5, 0.6) is 0 Å². The average molecular weight is 460 g/mol. The van der Waals surface area contributed by atoms with Gasteiger partial charge in [-0.2, -0.15) is 0 Å². The van der Waals surface area contributed by atoms with Crippen molar-refractivity contribution in [2.45, 2.75) is 44.2 Å². The smallest absolute Gasteiger partial charge is 0.186 e. The van der Waals surface area contributed by atoms with Gasteiger partial charge in [-0.1, -0.05) is 73.1 Å². The summed E-state index contributed by atoms with van der Waals surface area (Å²) >= 11 is 1.79. The third-order valence-corrected chi connectivity index (χ3v) is 8.13. The molecule has 1 saturated carbocycles. The standard InChI is InChI=1S/C25H29N7S/c1-3-9-19(10-4-1)23(24-27-28-29-32(24)20-11-5-2-6-12-20)30-15-17-31(18-16-30)25-26-21-13-7-8-14-22(21)33-25/h1,3-4,7-10,13-14,20,23H,2,5-6,11-12,15-18H2/t23-/m1/s1. The van der Waals surface area contributed by atoms with Crippen molar-refractivity contribution in [2.24, 2.45) is 0 Å². The minimum Gasteiger partial charge on any atom is -0.345 e. The van der Waals surface area contributed by atoms with Crippen LogP contribution in [0.1, 0.15) is 55.6 Å². The Morgan fingerprint density at radius 3 is 2.39 bits per heavy atom. The fourth-order valence-electron chi connectivity index (χ4n) is 5.29. The summed E-state index contributed by atoms with van der Waals surface area (Å²) in [7, 11) is 0. The quantitative estimate of drug-likeness (QED) is 0.431. The van der Waals surface area contributed by atoms with Gasteiger partial charge in [0.2, 0.25) is 0 Å². The van der Waals surface area contributed by atoms with Gasteiger partial charge < -0.3 is 4.90 Å². The summed E-state index contributed by atoms with van der Waals surface area (Å²) in [5.74, 6) is 0.988. The van der Waals surface area contributed by atoms with E-state index in [2.05, 4.69) is 84.6 Å². The molecule has 1 aliphatic heterocycles. The summed E-state index contributed by atoms with van der Waals surface area (Å²) in [4.78, 5) is 9.85. The van der Waals surface area contributed by atoms with Crippen LogP contribution in [0, 0.1) is 0 Å². The Bertz CT molecular complexity index is 1160. The van der Waals surface area contributed by atoms with Gasteiger partial charge in [0, 0.05) is 26.2 Å². The molecule has 3 heterocycles. The number of anilines is 1. The summed E-state index contributed by atoms with van der Waals surface area (Å²) in [6, 6.07) is 19.6. The third kappa shape index (κ3) is 4.13. The molecule has 2 aromatic heterocycles. The van der Waals surface area contributed by atoms with Crippen LogP contribution in [0.2, 0.25) is 0 Å². The molecule has 170 valence electrons. The summed E-state index contributed by atoms with van der Waals surface area (Å²) < 4.78 is 3.39. The van der Waals surface area contributed by atoms with Crippen LogP contribution in [0.3, 0.4) is 0 Å². The Morgan fingerprint density at radius 2 is 1.61 bits per heavy atom.